The molecule has 2 N–H and O–H groups in total. The van der Waals surface area contributed by atoms with Crippen molar-refractivity contribution < 1.29 is 14.3 Å². The van der Waals surface area contributed by atoms with Crippen molar-refractivity contribution in [2.24, 2.45) is 10.9 Å². The van der Waals surface area contributed by atoms with Crippen LogP contribution in [0.2, 0.25) is 0 Å². The fourth-order valence-electron chi connectivity index (χ4n) is 3.76. The van der Waals surface area contributed by atoms with E-state index in [0.29, 0.717) is 24.6 Å². The number of rotatable bonds is 8. The van der Waals surface area contributed by atoms with Crippen LogP contribution in [-0.4, -0.2) is 69.4 Å². The molecule has 0 bridgehead atoms. The first-order valence-electron chi connectivity index (χ1n) is 10.7. The van der Waals surface area contributed by atoms with Crippen molar-refractivity contribution in [1.29, 1.82) is 0 Å². The minimum atomic E-state index is -0.0587. The molecule has 3 rings (SSSR count). The summed E-state index contributed by atoms with van der Waals surface area (Å²) in [6, 6.07) is 7.69. The van der Waals surface area contributed by atoms with Crippen LogP contribution in [0.25, 0.3) is 0 Å². The zero-order valence-electron chi connectivity index (χ0n) is 18.1. The largest absolute Gasteiger partial charge is 0.381 e. The monoisotopic (exact) mass is 530 g/mol. The smallest absolute Gasteiger partial charge is 0.251 e. The minimum absolute atomic E-state index is 0. The van der Waals surface area contributed by atoms with Crippen LogP contribution in [0.3, 0.4) is 0 Å². The van der Waals surface area contributed by atoms with E-state index in [4.69, 9.17) is 14.5 Å². The highest BCUT2D eigenvalue weighted by Crippen LogP contribution is 2.14. The third kappa shape index (κ3) is 7.70. The Morgan fingerprint density at radius 3 is 2.83 bits per heavy atom. The van der Waals surface area contributed by atoms with E-state index in [9.17, 15) is 4.79 Å². The first-order valence-corrected chi connectivity index (χ1v) is 10.7. The van der Waals surface area contributed by atoms with E-state index in [1.54, 1.807) is 0 Å². The maximum atomic E-state index is 12.5. The van der Waals surface area contributed by atoms with Crippen molar-refractivity contribution in [3.63, 3.8) is 0 Å². The van der Waals surface area contributed by atoms with Crippen LogP contribution in [0.15, 0.2) is 29.3 Å². The van der Waals surface area contributed by atoms with E-state index in [-0.39, 0.29) is 36.0 Å². The Bertz CT molecular complexity index is 689. The lowest BCUT2D eigenvalue weighted by molar-refractivity contribution is 0.0857. The van der Waals surface area contributed by atoms with E-state index < -0.39 is 0 Å². The topological polar surface area (TPSA) is 75.2 Å². The molecule has 1 amide bonds. The molecule has 2 heterocycles. The Hall–Kier alpha value is -1.39. The van der Waals surface area contributed by atoms with Crippen molar-refractivity contribution >= 4 is 35.8 Å². The summed E-state index contributed by atoms with van der Waals surface area (Å²) in [6.45, 7) is 7.39. The van der Waals surface area contributed by atoms with Crippen molar-refractivity contribution in [2.45, 2.75) is 38.8 Å². The molecule has 1 aromatic carbocycles. The highest BCUT2D eigenvalue weighted by Gasteiger charge is 2.19. The zero-order valence-corrected chi connectivity index (χ0v) is 20.4. The molecule has 2 aliphatic rings. The number of ether oxygens (including phenoxy) is 2. The number of amides is 1. The summed E-state index contributed by atoms with van der Waals surface area (Å²) < 4.78 is 11.1. The van der Waals surface area contributed by atoms with Gasteiger partial charge in [-0.25, -0.2) is 4.99 Å². The molecule has 2 fully saturated rings. The van der Waals surface area contributed by atoms with E-state index in [1.807, 2.05) is 24.3 Å². The molecule has 2 aliphatic heterocycles. The molecule has 2 atom stereocenters. The molecule has 0 aromatic heterocycles. The number of guanidine groups is 1. The number of carbonyl (C=O) groups excluding carboxylic acids is 1. The summed E-state index contributed by atoms with van der Waals surface area (Å²) in [6.07, 6.45) is 3.34. The lowest BCUT2D eigenvalue weighted by Gasteiger charge is -2.24. The summed E-state index contributed by atoms with van der Waals surface area (Å²) >= 11 is 0. The molecule has 0 spiro atoms. The van der Waals surface area contributed by atoms with Gasteiger partial charge in [0.05, 0.1) is 19.3 Å². The number of nitrogens with zero attached hydrogens (tertiary/aromatic N) is 2. The second-order valence-electron chi connectivity index (χ2n) is 7.83. The van der Waals surface area contributed by atoms with Gasteiger partial charge in [0.1, 0.15) is 0 Å². The van der Waals surface area contributed by atoms with Gasteiger partial charge in [-0.1, -0.05) is 12.1 Å². The maximum absolute atomic E-state index is 12.5. The standard InChI is InChI=1S/C22H34N4O3.HI/c1-3-23-22(26(2)15-18-9-11-28-16-18)25-13-17-6-4-7-19(12-17)21(27)24-14-20-8-5-10-29-20;/h4,6-7,12,18,20H,3,5,8-11,13-16H2,1-2H3,(H,23,25)(H,24,27);1H. The molecule has 7 nitrogen and oxygen atoms in total. The molecule has 168 valence electrons. The van der Waals surface area contributed by atoms with Gasteiger partial charge in [-0.15, -0.1) is 24.0 Å². The maximum Gasteiger partial charge on any atom is 0.251 e. The molecule has 8 heteroatoms. The van der Waals surface area contributed by atoms with Gasteiger partial charge in [-0.3, -0.25) is 4.79 Å². The van der Waals surface area contributed by atoms with Gasteiger partial charge in [0, 0.05) is 51.4 Å². The minimum Gasteiger partial charge on any atom is -0.381 e. The molecule has 0 radical (unpaired) electrons. The Balaban J connectivity index is 0.00000320. The summed E-state index contributed by atoms with van der Waals surface area (Å²) in [5.74, 6) is 1.38. The third-order valence-electron chi connectivity index (χ3n) is 5.37. The number of carbonyl (C=O) groups is 1. The summed E-state index contributed by atoms with van der Waals surface area (Å²) in [4.78, 5) is 19.4. The molecular weight excluding hydrogens is 495 g/mol. The molecule has 1 aromatic rings. The fraction of sp³-hybridized carbons (Fsp3) is 0.636. The van der Waals surface area contributed by atoms with Crippen molar-refractivity contribution in [3.8, 4) is 0 Å². The number of hydrogen-bond donors (Lipinski definition) is 2. The number of benzene rings is 1. The molecule has 0 saturated carbocycles. The van der Waals surface area contributed by atoms with Crippen molar-refractivity contribution in [3.05, 3.63) is 35.4 Å². The number of aliphatic imine (C=N–C) groups is 1. The van der Waals surface area contributed by atoms with Crippen LogP contribution in [-0.2, 0) is 16.0 Å². The number of hydrogen-bond acceptors (Lipinski definition) is 4. The normalized spacial score (nSPS) is 21.2. The third-order valence-corrected chi connectivity index (χ3v) is 5.37. The summed E-state index contributed by atoms with van der Waals surface area (Å²) in [7, 11) is 2.06. The number of nitrogens with one attached hydrogen (secondary N) is 2. The van der Waals surface area contributed by atoms with Gasteiger partial charge in [0.25, 0.3) is 5.91 Å². The van der Waals surface area contributed by atoms with Crippen LogP contribution in [0.1, 0.15) is 42.1 Å². The van der Waals surface area contributed by atoms with Gasteiger partial charge in [-0.05, 0) is 43.9 Å². The molecule has 30 heavy (non-hydrogen) atoms. The zero-order chi connectivity index (χ0) is 20.5. The predicted octanol–water partition coefficient (Wildman–Crippen LogP) is 2.65. The van der Waals surface area contributed by atoms with Crippen LogP contribution in [0, 0.1) is 5.92 Å². The van der Waals surface area contributed by atoms with Gasteiger partial charge < -0.3 is 25.0 Å². The van der Waals surface area contributed by atoms with E-state index in [0.717, 1.165) is 63.7 Å². The SMILES string of the molecule is CCNC(=NCc1cccc(C(=O)NCC2CCCO2)c1)N(C)CC1CCOC1.I. The van der Waals surface area contributed by atoms with Crippen molar-refractivity contribution in [1.82, 2.24) is 15.5 Å². The van der Waals surface area contributed by atoms with E-state index in [1.165, 1.54) is 0 Å². The average molecular weight is 530 g/mol. The second kappa shape index (κ2) is 13.1. The van der Waals surface area contributed by atoms with E-state index in [2.05, 4.69) is 29.5 Å². The second-order valence-corrected chi connectivity index (χ2v) is 7.83. The highest BCUT2D eigenvalue weighted by atomic mass is 127. The van der Waals surface area contributed by atoms with E-state index >= 15 is 0 Å². The molecule has 0 aliphatic carbocycles. The summed E-state index contributed by atoms with van der Waals surface area (Å²) in [5, 5.41) is 6.34. The lowest BCUT2D eigenvalue weighted by atomic mass is 10.1. The van der Waals surface area contributed by atoms with Crippen molar-refractivity contribution in [2.75, 3.05) is 46.5 Å². The first-order chi connectivity index (χ1) is 14.2. The van der Waals surface area contributed by atoms with Crippen LogP contribution < -0.4 is 10.6 Å². The number of halogens is 1. The molecule has 2 saturated heterocycles. The average Bonchev–Trinajstić information content (AvgIpc) is 3.43. The first kappa shape index (κ1) is 24.9. The Labute approximate surface area is 197 Å². The Kier molecular flexibility index (Phi) is 10.9. The Morgan fingerprint density at radius 1 is 1.27 bits per heavy atom. The van der Waals surface area contributed by atoms with Crippen LogP contribution >= 0.6 is 24.0 Å². The highest BCUT2D eigenvalue weighted by molar-refractivity contribution is 14.0. The van der Waals surface area contributed by atoms with Gasteiger partial charge in [-0.2, -0.15) is 0 Å². The molecule has 2 unspecified atom stereocenters. The predicted molar refractivity (Wildman–Crippen MR) is 130 cm³/mol. The molecular formula is C22H35IN4O3. The van der Waals surface area contributed by atoms with Crippen LogP contribution in [0.4, 0.5) is 0 Å². The van der Waals surface area contributed by atoms with Gasteiger partial charge in [0.2, 0.25) is 0 Å². The van der Waals surface area contributed by atoms with Gasteiger partial charge in [0.15, 0.2) is 5.96 Å². The Morgan fingerprint density at radius 2 is 2.13 bits per heavy atom. The lowest BCUT2D eigenvalue weighted by Crippen LogP contribution is -2.41. The van der Waals surface area contributed by atoms with Crippen LogP contribution in [0.5, 0.6) is 0 Å². The summed E-state index contributed by atoms with van der Waals surface area (Å²) in [5.41, 5.74) is 1.68. The fourth-order valence-corrected chi connectivity index (χ4v) is 3.76. The quantitative estimate of drug-likeness (QED) is 0.307. The van der Waals surface area contributed by atoms with Gasteiger partial charge >= 0.3 is 0 Å².